The average molecular weight is 432 g/mol. The Bertz CT molecular complexity index is 1170. The van der Waals surface area contributed by atoms with Crippen LogP contribution in [-0.4, -0.2) is 26.8 Å². The van der Waals surface area contributed by atoms with Crippen molar-refractivity contribution >= 4 is 74.2 Å². The number of thiocarbonyl (C=S) groups is 1. The van der Waals surface area contributed by atoms with Gasteiger partial charge in [-0.15, -0.1) is 11.3 Å². The molecule has 0 spiro atoms. The van der Waals surface area contributed by atoms with Crippen molar-refractivity contribution in [2.24, 2.45) is 0 Å². The first-order chi connectivity index (χ1) is 13.4. The summed E-state index contributed by atoms with van der Waals surface area (Å²) in [6.07, 6.45) is 1.32. The van der Waals surface area contributed by atoms with Gasteiger partial charge in [-0.1, -0.05) is 0 Å². The number of hydrogen-bond acceptors (Lipinski definition) is 9. The van der Waals surface area contributed by atoms with Gasteiger partial charge in [0.05, 0.1) is 15.1 Å². The van der Waals surface area contributed by atoms with E-state index in [1.54, 1.807) is 18.2 Å². The molecule has 1 fully saturated rings. The summed E-state index contributed by atoms with van der Waals surface area (Å²) < 4.78 is 6.96. The molecule has 2 amide bonds. The molecule has 0 unspecified atom stereocenters. The van der Waals surface area contributed by atoms with Crippen LogP contribution in [0.4, 0.5) is 5.69 Å². The number of non-ortho nitro benzene ring substituents is 1. The molecule has 4 rings (SSSR count). The number of benzene rings is 1. The minimum absolute atomic E-state index is 0.00289. The van der Waals surface area contributed by atoms with E-state index in [0.717, 1.165) is 0 Å². The van der Waals surface area contributed by atoms with Gasteiger partial charge in [-0.05, 0) is 48.3 Å². The summed E-state index contributed by atoms with van der Waals surface area (Å²) in [4.78, 5) is 38.5. The molecule has 1 aliphatic heterocycles. The second kappa shape index (κ2) is 7.14. The Morgan fingerprint density at radius 1 is 1.21 bits per heavy atom. The van der Waals surface area contributed by atoms with Crippen LogP contribution in [-0.2, 0) is 9.59 Å². The zero-order chi connectivity index (χ0) is 19.8. The van der Waals surface area contributed by atoms with Crippen molar-refractivity contribution < 1.29 is 18.9 Å². The van der Waals surface area contributed by atoms with E-state index < -0.39 is 16.7 Å². The minimum Gasteiger partial charge on any atom is -0.450 e. The normalized spacial score (nSPS) is 14.1. The first-order valence-corrected chi connectivity index (χ1v) is 9.64. The van der Waals surface area contributed by atoms with Gasteiger partial charge < -0.3 is 4.42 Å². The predicted octanol–water partition coefficient (Wildman–Crippen LogP) is 2.86. The van der Waals surface area contributed by atoms with Gasteiger partial charge in [0.2, 0.25) is 0 Å². The van der Waals surface area contributed by atoms with E-state index in [9.17, 15) is 19.7 Å². The summed E-state index contributed by atoms with van der Waals surface area (Å²) in [5.41, 5.74) is 0.536. The van der Waals surface area contributed by atoms with Crippen LogP contribution in [0, 0.1) is 10.1 Å². The number of nitro groups is 1. The molecule has 28 heavy (non-hydrogen) atoms. The molecule has 1 aromatic carbocycles. The standard InChI is InChI=1S/C16H8N4O5S3/c21-13-9(14(22)19-15(26)18-13)6-8-2-4-12(25-8)28-16-17-10-3-1-7(20(23)24)5-11(10)27-16/h1-6H,(H2,18,19,21,22,26). The molecule has 2 aromatic heterocycles. The second-order valence-electron chi connectivity index (χ2n) is 5.44. The van der Waals surface area contributed by atoms with E-state index in [0.29, 0.717) is 25.4 Å². The number of fused-ring (bicyclic) bond motifs is 1. The third-order valence-electron chi connectivity index (χ3n) is 3.58. The molecule has 3 aromatic rings. The number of carbonyl (C=O) groups excluding carboxylic acids is 2. The topological polar surface area (TPSA) is 127 Å². The molecule has 0 atom stereocenters. The van der Waals surface area contributed by atoms with Crippen LogP contribution in [0.15, 0.2) is 49.8 Å². The Kier molecular flexibility index (Phi) is 4.66. The van der Waals surface area contributed by atoms with Gasteiger partial charge in [-0.25, -0.2) is 4.98 Å². The van der Waals surface area contributed by atoms with Crippen LogP contribution >= 0.6 is 35.3 Å². The van der Waals surface area contributed by atoms with Crippen molar-refractivity contribution in [3.63, 3.8) is 0 Å². The Morgan fingerprint density at radius 3 is 2.68 bits per heavy atom. The molecule has 0 saturated carbocycles. The lowest BCUT2D eigenvalue weighted by molar-refractivity contribution is -0.384. The molecule has 2 N–H and O–H groups in total. The van der Waals surface area contributed by atoms with Crippen molar-refractivity contribution in [2.75, 3.05) is 0 Å². The molecular formula is C16H8N4O5S3. The molecule has 0 bridgehead atoms. The quantitative estimate of drug-likeness (QED) is 0.212. The highest BCUT2D eigenvalue weighted by Gasteiger charge is 2.26. The molecule has 1 saturated heterocycles. The number of nitro benzene ring substituents is 1. The number of rotatable bonds is 4. The lowest BCUT2D eigenvalue weighted by atomic mass is 10.1. The van der Waals surface area contributed by atoms with E-state index in [1.165, 1.54) is 41.3 Å². The van der Waals surface area contributed by atoms with Crippen molar-refractivity contribution in [3.05, 3.63) is 51.8 Å². The maximum Gasteiger partial charge on any atom is 0.270 e. The smallest absolute Gasteiger partial charge is 0.270 e. The lowest BCUT2D eigenvalue weighted by Gasteiger charge is -2.15. The monoisotopic (exact) mass is 432 g/mol. The van der Waals surface area contributed by atoms with Crippen molar-refractivity contribution in [3.8, 4) is 0 Å². The summed E-state index contributed by atoms with van der Waals surface area (Å²) in [5.74, 6) is -0.897. The Morgan fingerprint density at radius 2 is 1.96 bits per heavy atom. The van der Waals surface area contributed by atoms with E-state index in [-0.39, 0.29) is 16.4 Å². The summed E-state index contributed by atoms with van der Waals surface area (Å²) in [5, 5.41) is 16.0. The number of nitrogens with zero attached hydrogens (tertiary/aromatic N) is 2. The number of thiazole rings is 1. The summed E-state index contributed by atoms with van der Waals surface area (Å²) in [6.45, 7) is 0. The fourth-order valence-corrected chi connectivity index (χ4v) is 4.54. The zero-order valence-electron chi connectivity index (χ0n) is 13.6. The molecule has 1 aliphatic rings. The number of hydrogen-bond donors (Lipinski definition) is 2. The number of amides is 2. The van der Waals surface area contributed by atoms with Gasteiger partial charge in [0.1, 0.15) is 11.3 Å². The fraction of sp³-hybridized carbons (Fsp3) is 0. The van der Waals surface area contributed by atoms with E-state index in [2.05, 4.69) is 15.6 Å². The number of carbonyl (C=O) groups is 2. The molecule has 3 heterocycles. The first-order valence-electron chi connectivity index (χ1n) is 7.60. The molecule has 9 nitrogen and oxygen atoms in total. The number of nitrogens with one attached hydrogen (secondary N) is 2. The van der Waals surface area contributed by atoms with Crippen LogP contribution in [0.3, 0.4) is 0 Å². The Labute approximate surface area is 170 Å². The lowest BCUT2D eigenvalue weighted by Crippen LogP contribution is -2.51. The maximum absolute atomic E-state index is 11.9. The number of aromatic nitrogens is 1. The highest BCUT2D eigenvalue weighted by molar-refractivity contribution is 8.01. The summed E-state index contributed by atoms with van der Waals surface area (Å²) >= 11 is 7.27. The molecule has 140 valence electrons. The zero-order valence-corrected chi connectivity index (χ0v) is 16.1. The molecule has 0 aliphatic carbocycles. The predicted molar refractivity (Wildman–Crippen MR) is 106 cm³/mol. The highest BCUT2D eigenvalue weighted by atomic mass is 32.2. The largest absolute Gasteiger partial charge is 0.450 e. The van der Waals surface area contributed by atoms with Gasteiger partial charge in [-0.3, -0.25) is 30.3 Å². The Hall–Kier alpha value is -3.09. The van der Waals surface area contributed by atoms with E-state index in [1.807, 2.05) is 0 Å². The molecular weight excluding hydrogens is 424 g/mol. The van der Waals surface area contributed by atoms with Crippen LogP contribution in [0.5, 0.6) is 0 Å². The summed E-state index contributed by atoms with van der Waals surface area (Å²) in [7, 11) is 0. The molecule has 0 radical (unpaired) electrons. The Balaban J connectivity index is 1.55. The average Bonchev–Trinajstić information content (AvgIpc) is 3.23. The SMILES string of the molecule is O=C1NC(=S)NC(=O)C1=Cc1ccc(Sc2nc3ccc([N+](=O)[O-])cc3s2)o1. The third kappa shape index (κ3) is 3.65. The van der Waals surface area contributed by atoms with E-state index in [4.69, 9.17) is 16.6 Å². The fourth-order valence-electron chi connectivity index (χ4n) is 2.35. The van der Waals surface area contributed by atoms with Gasteiger partial charge in [0.15, 0.2) is 14.5 Å². The van der Waals surface area contributed by atoms with Crippen LogP contribution in [0.2, 0.25) is 0 Å². The summed E-state index contributed by atoms with van der Waals surface area (Å²) in [6, 6.07) is 7.76. The van der Waals surface area contributed by atoms with Gasteiger partial charge in [0, 0.05) is 12.1 Å². The van der Waals surface area contributed by atoms with Crippen LogP contribution < -0.4 is 10.6 Å². The molecule has 12 heteroatoms. The first kappa shape index (κ1) is 18.3. The highest BCUT2D eigenvalue weighted by Crippen LogP contribution is 2.36. The third-order valence-corrected chi connectivity index (χ3v) is 5.79. The van der Waals surface area contributed by atoms with Gasteiger partial charge in [-0.2, -0.15) is 0 Å². The van der Waals surface area contributed by atoms with Crippen molar-refractivity contribution in [1.82, 2.24) is 15.6 Å². The van der Waals surface area contributed by atoms with Crippen LogP contribution in [0.1, 0.15) is 5.76 Å². The van der Waals surface area contributed by atoms with E-state index >= 15 is 0 Å². The van der Waals surface area contributed by atoms with Crippen molar-refractivity contribution in [2.45, 2.75) is 9.43 Å². The second-order valence-corrected chi connectivity index (χ2v) is 8.13. The van der Waals surface area contributed by atoms with Crippen LogP contribution in [0.25, 0.3) is 16.3 Å². The number of furan rings is 1. The van der Waals surface area contributed by atoms with Gasteiger partial charge >= 0.3 is 0 Å². The maximum atomic E-state index is 11.9. The van der Waals surface area contributed by atoms with Crippen molar-refractivity contribution in [1.29, 1.82) is 0 Å². The minimum atomic E-state index is -0.605. The van der Waals surface area contributed by atoms with Gasteiger partial charge in [0.25, 0.3) is 17.5 Å².